The number of nitrogens with zero attached hydrogens (tertiary/aromatic N) is 1. The van der Waals surface area contributed by atoms with Crippen LogP contribution in [0, 0.1) is 0 Å². The van der Waals surface area contributed by atoms with E-state index in [9.17, 15) is 19.5 Å². The first-order valence-electron chi connectivity index (χ1n) is 8.96. The third kappa shape index (κ3) is 2.97. The molecule has 27 heavy (non-hydrogen) atoms. The Bertz CT molecular complexity index is 877. The fourth-order valence-electron chi connectivity index (χ4n) is 4.04. The number of ether oxygens (including phenoxy) is 1. The second-order valence-corrected chi connectivity index (χ2v) is 6.82. The van der Waals surface area contributed by atoms with Gasteiger partial charge in [-0.15, -0.1) is 0 Å². The Balaban J connectivity index is 1.50. The maximum absolute atomic E-state index is 12.3. The number of carbonyl (C=O) groups is 3. The molecule has 1 fully saturated rings. The number of fused-ring (bicyclic) bond motifs is 3. The summed E-state index contributed by atoms with van der Waals surface area (Å²) in [4.78, 5) is 36.9. The molecule has 1 atom stereocenters. The largest absolute Gasteiger partial charge is 0.480 e. The summed E-state index contributed by atoms with van der Waals surface area (Å²) in [6.07, 6.45) is 0.928. The SMILES string of the molecule is O=C(OCC1c2ccccc2-c2ccccc21)C(=O)N1CCC[C@H]1C(=O)O. The van der Waals surface area contributed by atoms with Crippen molar-refractivity contribution >= 4 is 17.8 Å². The van der Waals surface area contributed by atoms with Crippen molar-refractivity contribution in [2.45, 2.75) is 24.8 Å². The van der Waals surface area contributed by atoms with Crippen LogP contribution < -0.4 is 0 Å². The van der Waals surface area contributed by atoms with Crippen LogP contribution in [0.5, 0.6) is 0 Å². The molecule has 0 radical (unpaired) electrons. The lowest BCUT2D eigenvalue weighted by Gasteiger charge is -2.21. The van der Waals surface area contributed by atoms with Crippen LogP contribution in [0.1, 0.15) is 29.9 Å². The minimum Gasteiger partial charge on any atom is -0.480 e. The first kappa shape index (κ1) is 17.3. The molecule has 0 aromatic heterocycles. The number of carboxylic acids is 1. The van der Waals surface area contributed by atoms with Gasteiger partial charge in [0.1, 0.15) is 12.6 Å². The standard InChI is InChI=1S/C21H19NO5/c23-19(22-11-5-10-18(22)20(24)25)21(26)27-12-17-15-8-3-1-6-13(15)14-7-2-4-9-16(14)17/h1-4,6-9,17-18H,5,10-12H2,(H,24,25)/t18-/m0/s1. The molecule has 1 saturated heterocycles. The van der Waals surface area contributed by atoms with E-state index in [0.29, 0.717) is 12.8 Å². The summed E-state index contributed by atoms with van der Waals surface area (Å²) >= 11 is 0. The van der Waals surface area contributed by atoms with Crippen LogP contribution in [0.3, 0.4) is 0 Å². The molecule has 1 aliphatic heterocycles. The maximum Gasteiger partial charge on any atom is 0.397 e. The van der Waals surface area contributed by atoms with Gasteiger partial charge in [-0.2, -0.15) is 0 Å². The highest BCUT2D eigenvalue weighted by atomic mass is 16.5. The normalized spacial score (nSPS) is 18.1. The van der Waals surface area contributed by atoms with Crippen molar-refractivity contribution in [3.63, 3.8) is 0 Å². The number of aliphatic carboxylic acids is 1. The first-order valence-corrected chi connectivity index (χ1v) is 8.96. The minimum atomic E-state index is -1.09. The molecule has 2 aliphatic rings. The lowest BCUT2D eigenvalue weighted by molar-refractivity contribution is -0.163. The second kappa shape index (κ2) is 6.87. The number of likely N-dealkylation sites (tertiary alicyclic amines) is 1. The molecule has 0 bridgehead atoms. The van der Waals surface area contributed by atoms with E-state index in [-0.39, 0.29) is 19.1 Å². The fraction of sp³-hybridized carbons (Fsp3) is 0.286. The summed E-state index contributed by atoms with van der Waals surface area (Å²) in [5, 5.41) is 9.19. The number of hydrogen-bond donors (Lipinski definition) is 1. The molecule has 1 aliphatic carbocycles. The zero-order valence-corrected chi connectivity index (χ0v) is 14.6. The number of carboxylic acid groups (broad SMARTS) is 1. The van der Waals surface area contributed by atoms with E-state index in [1.54, 1.807) is 0 Å². The van der Waals surface area contributed by atoms with Gasteiger partial charge in [0.2, 0.25) is 0 Å². The average molecular weight is 365 g/mol. The van der Waals surface area contributed by atoms with Crippen LogP contribution >= 0.6 is 0 Å². The third-order valence-electron chi connectivity index (χ3n) is 5.32. The molecule has 4 rings (SSSR count). The molecule has 6 heteroatoms. The quantitative estimate of drug-likeness (QED) is 0.667. The van der Waals surface area contributed by atoms with E-state index in [4.69, 9.17) is 4.74 Å². The Morgan fingerprint density at radius 2 is 1.59 bits per heavy atom. The molecule has 1 N–H and O–H groups in total. The van der Waals surface area contributed by atoms with Gasteiger partial charge in [-0.25, -0.2) is 9.59 Å². The summed E-state index contributed by atoms with van der Waals surface area (Å²) in [6, 6.07) is 14.9. The van der Waals surface area contributed by atoms with Gasteiger partial charge in [-0.05, 0) is 35.1 Å². The predicted molar refractivity (Wildman–Crippen MR) is 97.1 cm³/mol. The molecule has 2 aromatic carbocycles. The van der Waals surface area contributed by atoms with Crippen LogP contribution in [0.4, 0.5) is 0 Å². The van der Waals surface area contributed by atoms with Crippen LogP contribution in [-0.4, -0.2) is 47.0 Å². The molecule has 0 spiro atoms. The van der Waals surface area contributed by atoms with Gasteiger partial charge in [0.05, 0.1) is 0 Å². The van der Waals surface area contributed by atoms with Crippen molar-refractivity contribution in [2.75, 3.05) is 13.2 Å². The van der Waals surface area contributed by atoms with Crippen molar-refractivity contribution in [3.8, 4) is 11.1 Å². The second-order valence-electron chi connectivity index (χ2n) is 6.82. The van der Waals surface area contributed by atoms with E-state index in [0.717, 1.165) is 27.2 Å². The van der Waals surface area contributed by atoms with E-state index in [2.05, 4.69) is 0 Å². The first-order chi connectivity index (χ1) is 13.1. The Morgan fingerprint density at radius 1 is 1.00 bits per heavy atom. The van der Waals surface area contributed by atoms with Gasteiger partial charge >= 0.3 is 17.8 Å². The van der Waals surface area contributed by atoms with Gasteiger partial charge in [0.15, 0.2) is 0 Å². The molecule has 1 amide bonds. The average Bonchev–Trinajstić information content (AvgIpc) is 3.29. The Labute approximate surface area is 156 Å². The smallest absolute Gasteiger partial charge is 0.397 e. The van der Waals surface area contributed by atoms with E-state index in [1.165, 1.54) is 0 Å². The minimum absolute atomic E-state index is 0.0458. The molecule has 0 saturated carbocycles. The summed E-state index contributed by atoms with van der Waals surface area (Å²) in [6.45, 7) is 0.310. The number of benzene rings is 2. The molecular formula is C21H19NO5. The number of esters is 1. The lowest BCUT2D eigenvalue weighted by Crippen LogP contribution is -2.44. The molecule has 138 valence electrons. The van der Waals surface area contributed by atoms with Crippen LogP contribution in [0.25, 0.3) is 11.1 Å². The van der Waals surface area contributed by atoms with Gasteiger partial charge in [0.25, 0.3) is 0 Å². The maximum atomic E-state index is 12.3. The van der Waals surface area contributed by atoms with Crippen LogP contribution in [-0.2, 0) is 19.1 Å². The van der Waals surface area contributed by atoms with E-state index in [1.807, 2.05) is 48.5 Å². The molecule has 1 heterocycles. The van der Waals surface area contributed by atoms with Crippen molar-refractivity contribution in [2.24, 2.45) is 0 Å². The molecular weight excluding hydrogens is 346 g/mol. The number of carbonyl (C=O) groups excluding carboxylic acids is 2. The van der Waals surface area contributed by atoms with Gasteiger partial charge in [0, 0.05) is 12.5 Å². The van der Waals surface area contributed by atoms with E-state index < -0.39 is 23.9 Å². The Morgan fingerprint density at radius 3 is 2.19 bits per heavy atom. The molecule has 2 aromatic rings. The van der Waals surface area contributed by atoms with E-state index >= 15 is 0 Å². The highest BCUT2D eigenvalue weighted by Crippen LogP contribution is 2.44. The highest BCUT2D eigenvalue weighted by molar-refractivity contribution is 6.32. The third-order valence-corrected chi connectivity index (χ3v) is 5.32. The summed E-state index contributed by atoms with van der Waals surface area (Å²) in [5.41, 5.74) is 4.32. The van der Waals surface area contributed by atoms with Gasteiger partial charge < -0.3 is 14.7 Å². The highest BCUT2D eigenvalue weighted by Gasteiger charge is 2.38. The number of amides is 1. The molecule has 6 nitrogen and oxygen atoms in total. The summed E-state index contributed by atoms with van der Waals surface area (Å²) in [7, 11) is 0. The monoisotopic (exact) mass is 365 g/mol. The Kier molecular flexibility index (Phi) is 4.39. The van der Waals surface area contributed by atoms with Gasteiger partial charge in [-0.3, -0.25) is 4.79 Å². The van der Waals surface area contributed by atoms with Crippen molar-refractivity contribution in [3.05, 3.63) is 59.7 Å². The molecule has 0 unspecified atom stereocenters. The lowest BCUT2D eigenvalue weighted by atomic mass is 9.98. The zero-order valence-electron chi connectivity index (χ0n) is 14.6. The zero-order chi connectivity index (χ0) is 19.0. The van der Waals surface area contributed by atoms with Crippen LogP contribution in [0.15, 0.2) is 48.5 Å². The van der Waals surface area contributed by atoms with Gasteiger partial charge in [-0.1, -0.05) is 48.5 Å². The summed E-state index contributed by atoms with van der Waals surface area (Å²) < 4.78 is 5.32. The predicted octanol–water partition coefficient (Wildman–Crippen LogP) is 2.42. The summed E-state index contributed by atoms with van der Waals surface area (Å²) in [5.74, 6) is -3.10. The van der Waals surface area contributed by atoms with Crippen molar-refractivity contribution < 1.29 is 24.2 Å². The number of hydrogen-bond acceptors (Lipinski definition) is 4. The van der Waals surface area contributed by atoms with Crippen molar-refractivity contribution in [1.29, 1.82) is 0 Å². The fourth-order valence-corrected chi connectivity index (χ4v) is 4.04. The van der Waals surface area contributed by atoms with Crippen LogP contribution in [0.2, 0.25) is 0 Å². The van der Waals surface area contributed by atoms with Crippen molar-refractivity contribution in [1.82, 2.24) is 4.90 Å². The Hall–Kier alpha value is -3.15. The number of rotatable bonds is 3. The topological polar surface area (TPSA) is 83.9 Å².